The van der Waals surface area contributed by atoms with Crippen LogP contribution in [0.1, 0.15) is 18.4 Å². The molecule has 5 nitrogen and oxygen atoms in total. The fraction of sp³-hybridized carbons (Fsp3) is 0.571. The molecule has 110 valence electrons. The summed E-state index contributed by atoms with van der Waals surface area (Å²) in [5.74, 6) is 0. The van der Waals surface area contributed by atoms with Crippen LogP contribution in [0, 0.1) is 6.92 Å². The number of nitrogens with zero attached hydrogens (tertiary/aromatic N) is 1. The molecule has 1 spiro atoms. The van der Waals surface area contributed by atoms with E-state index in [1.165, 1.54) is 0 Å². The minimum Gasteiger partial charge on any atom is -0.358 e. The predicted molar refractivity (Wildman–Crippen MR) is 75.9 cm³/mol. The van der Waals surface area contributed by atoms with Gasteiger partial charge in [0, 0.05) is 19.4 Å². The Morgan fingerprint density at radius 3 is 2.50 bits per heavy atom. The summed E-state index contributed by atoms with van der Waals surface area (Å²) in [4.78, 5) is 0.353. The summed E-state index contributed by atoms with van der Waals surface area (Å²) in [7, 11) is -3.48. The molecule has 0 aliphatic carbocycles. The largest absolute Gasteiger partial charge is 0.358 e. The van der Waals surface area contributed by atoms with Crippen LogP contribution in [0.5, 0.6) is 0 Å². The maximum absolute atomic E-state index is 12.8. The highest BCUT2D eigenvalue weighted by Gasteiger charge is 2.49. The number of nitrogens with one attached hydrogen (secondary N) is 1. The standard InChI is InChI=1S/C14H20N2O3S/c1-12-2-4-13(5-3-12)20(17,18)16-10-11-19-14(16)6-8-15-9-7-14/h2-5,15H,6-11H2,1H3. The number of benzene rings is 1. The number of hydrogen-bond donors (Lipinski definition) is 1. The third-order valence-corrected chi connectivity index (χ3v) is 6.08. The monoisotopic (exact) mass is 296 g/mol. The Bertz CT molecular complexity index is 577. The Morgan fingerprint density at radius 1 is 1.20 bits per heavy atom. The highest BCUT2D eigenvalue weighted by Crippen LogP contribution is 2.36. The Balaban J connectivity index is 1.95. The molecule has 0 amide bonds. The maximum atomic E-state index is 12.8. The van der Waals surface area contributed by atoms with Crippen LogP contribution in [0.3, 0.4) is 0 Å². The van der Waals surface area contributed by atoms with E-state index >= 15 is 0 Å². The minimum absolute atomic E-state index is 0.353. The second-order valence-corrected chi connectivity index (χ2v) is 7.30. The fourth-order valence-corrected chi connectivity index (χ4v) is 4.70. The number of piperidine rings is 1. The second-order valence-electron chi connectivity index (χ2n) is 5.43. The van der Waals surface area contributed by atoms with Crippen molar-refractivity contribution >= 4 is 10.0 Å². The predicted octanol–water partition coefficient (Wildman–Crippen LogP) is 1.10. The summed E-state index contributed by atoms with van der Waals surface area (Å²) in [6.45, 7) is 4.45. The van der Waals surface area contributed by atoms with Gasteiger partial charge in [0.2, 0.25) is 10.0 Å². The minimum atomic E-state index is -3.48. The molecule has 2 heterocycles. The topological polar surface area (TPSA) is 58.6 Å². The first-order valence-electron chi connectivity index (χ1n) is 6.99. The SMILES string of the molecule is Cc1ccc(S(=O)(=O)N2CCOC23CCNCC3)cc1. The molecule has 0 atom stereocenters. The van der Waals surface area contributed by atoms with Crippen LogP contribution in [0.25, 0.3) is 0 Å². The van der Waals surface area contributed by atoms with Crippen LogP contribution in [0.4, 0.5) is 0 Å². The van der Waals surface area contributed by atoms with Crippen molar-refractivity contribution in [2.75, 3.05) is 26.2 Å². The van der Waals surface area contributed by atoms with Gasteiger partial charge in [-0.1, -0.05) is 17.7 Å². The van der Waals surface area contributed by atoms with Crippen molar-refractivity contribution in [2.45, 2.75) is 30.4 Å². The Morgan fingerprint density at radius 2 is 1.85 bits per heavy atom. The first-order chi connectivity index (χ1) is 9.55. The van der Waals surface area contributed by atoms with Crippen molar-refractivity contribution in [3.63, 3.8) is 0 Å². The second kappa shape index (κ2) is 5.11. The van der Waals surface area contributed by atoms with Gasteiger partial charge in [0.1, 0.15) is 5.72 Å². The molecule has 1 N–H and O–H groups in total. The zero-order valence-corrected chi connectivity index (χ0v) is 12.4. The van der Waals surface area contributed by atoms with Gasteiger partial charge in [0.05, 0.1) is 11.5 Å². The lowest BCUT2D eigenvalue weighted by atomic mass is 10.0. The molecule has 2 aliphatic rings. The van der Waals surface area contributed by atoms with Crippen molar-refractivity contribution < 1.29 is 13.2 Å². The van der Waals surface area contributed by atoms with E-state index in [1.807, 2.05) is 19.1 Å². The van der Waals surface area contributed by atoms with Crippen molar-refractivity contribution in [1.82, 2.24) is 9.62 Å². The molecular weight excluding hydrogens is 276 g/mol. The van der Waals surface area contributed by atoms with Crippen molar-refractivity contribution in [3.8, 4) is 0 Å². The van der Waals surface area contributed by atoms with Crippen LogP contribution < -0.4 is 5.32 Å². The van der Waals surface area contributed by atoms with Gasteiger partial charge in [-0.15, -0.1) is 0 Å². The van der Waals surface area contributed by atoms with E-state index in [-0.39, 0.29) is 0 Å². The molecule has 0 bridgehead atoms. The molecule has 0 unspecified atom stereocenters. The summed E-state index contributed by atoms with van der Waals surface area (Å²) in [5.41, 5.74) is 0.410. The highest BCUT2D eigenvalue weighted by atomic mass is 32.2. The number of aryl methyl sites for hydroxylation is 1. The van der Waals surface area contributed by atoms with E-state index in [0.717, 1.165) is 18.7 Å². The molecule has 0 radical (unpaired) electrons. The molecule has 3 rings (SSSR count). The molecular formula is C14H20N2O3S. The molecule has 1 aromatic carbocycles. The average molecular weight is 296 g/mol. The van der Waals surface area contributed by atoms with Gasteiger partial charge in [0.15, 0.2) is 0 Å². The smallest absolute Gasteiger partial charge is 0.245 e. The first-order valence-corrected chi connectivity index (χ1v) is 8.43. The number of rotatable bonds is 2. The van der Waals surface area contributed by atoms with E-state index in [9.17, 15) is 8.42 Å². The lowest BCUT2D eigenvalue weighted by molar-refractivity contribution is -0.0704. The van der Waals surface area contributed by atoms with Gasteiger partial charge >= 0.3 is 0 Å². The van der Waals surface area contributed by atoms with Gasteiger partial charge in [0.25, 0.3) is 0 Å². The van der Waals surface area contributed by atoms with Crippen LogP contribution in [-0.2, 0) is 14.8 Å². The van der Waals surface area contributed by atoms with Crippen molar-refractivity contribution in [3.05, 3.63) is 29.8 Å². The molecule has 1 aromatic rings. The van der Waals surface area contributed by atoms with Gasteiger partial charge in [-0.3, -0.25) is 0 Å². The summed E-state index contributed by atoms with van der Waals surface area (Å²) in [5, 5.41) is 3.25. The Labute approximate surface area is 120 Å². The zero-order valence-electron chi connectivity index (χ0n) is 11.6. The number of ether oxygens (including phenoxy) is 1. The molecule has 6 heteroatoms. The highest BCUT2D eigenvalue weighted by molar-refractivity contribution is 7.89. The van der Waals surface area contributed by atoms with Crippen molar-refractivity contribution in [2.24, 2.45) is 0 Å². The summed E-state index contributed by atoms with van der Waals surface area (Å²) in [6.07, 6.45) is 1.41. The van der Waals surface area contributed by atoms with Crippen LogP contribution in [0.2, 0.25) is 0 Å². The third kappa shape index (κ3) is 2.26. The van der Waals surface area contributed by atoms with Crippen molar-refractivity contribution in [1.29, 1.82) is 0 Å². The van der Waals surface area contributed by atoms with E-state index < -0.39 is 15.7 Å². The summed E-state index contributed by atoms with van der Waals surface area (Å²) >= 11 is 0. The molecule has 0 saturated carbocycles. The molecule has 2 saturated heterocycles. The first kappa shape index (κ1) is 14.0. The van der Waals surface area contributed by atoms with E-state index in [1.54, 1.807) is 16.4 Å². The lowest BCUT2D eigenvalue weighted by Crippen LogP contribution is -2.53. The zero-order chi connectivity index (χ0) is 14.2. The van der Waals surface area contributed by atoms with Crippen LogP contribution in [0.15, 0.2) is 29.2 Å². The van der Waals surface area contributed by atoms with E-state index in [0.29, 0.717) is 30.9 Å². The van der Waals surface area contributed by atoms with Crippen LogP contribution >= 0.6 is 0 Å². The third-order valence-electron chi connectivity index (χ3n) is 4.11. The van der Waals surface area contributed by atoms with Crippen LogP contribution in [-0.4, -0.2) is 44.7 Å². The molecule has 20 heavy (non-hydrogen) atoms. The van der Waals surface area contributed by atoms with E-state index in [4.69, 9.17) is 4.74 Å². The van der Waals surface area contributed by atoms with Gasteiger partial charge in [-0.25, -0.2) is 8.42 Å². The van der Waals surface area contributed by atoms with E-state index in [2.05, 4.69) is 5.32 Å². The summed E-state index contributed by atoms with van der Waals surface area (Å²) in [6, 6.07) is 7.02. The number of hydrogen-bond acceptors (Lipinski definition) is 4. The van der Waals surface area contributed by atoms with Gasteiger partial charge in [-0.2, -0.15) is 4.31 Å². The van der Waals surface area contributed by atoms with Gasteiger partial charge < -0.3 is 10.1 Å². The average Bonchev–Trinajstić information content (AvgIpc) is 2.84. The summed E-state index contributed by atoms with van der Waals surface area (Å²) < 4.78 is 33.1. The van der Waals surface area contributed by atoms with Gasteiger partial charge in [-0.05, 0) is 32.1 Å². The Hall–Kier alpha value is -0.950. The molecule has 2 fully saturated rings. The quantitative estimate of drug-likeness (QED) is 0.888. The lowest BCUT2D eigenvalue weighted by Gasteiger charge is -2.39. The fourth-order valence-electron chi connectivity index (χ4n) is 2.98. The molecule has 2 aliphatic heterocycles. The molecule has 0 aromatic heterocycles. The number of sulfonamides is 1. The maximum Gasteiger partial charge on any atom is 0.245 e. The normalized spacial score (nSPS) is 23.2. The Kier molecular flexibility index (Phi) is 3.58.